The molecule has 0 amide bonds. The lowest BCUT2D eigenvalue weighted by atomic mass is 9.83. The third-order valence-corrected chi connectivity index (χ3v) is 2.88. The molecule has 1 fully saturated rings. The van der Waals surface area contributed by atoms with Gasteiger partial charge in [0.25, 0.3) is 0 Å². The summed E-state index contributed by atoms with van der Waals surface area (Å²) in [7, 11) is 0. The van der Waals surface area contributed by atoms with E-state index in [1.807, 2.05) is 6.92 Å². The van der Waals surface area contributed by atoms with Gasteiger partial charge in [0.2, 0.25) is 0 Å². The number of carbonyl (C=O) groups excluding carboxylic acids is 1. The van der Waals surface area contributed by atoms with Crippen molar-refractivity contribution in [3.05, 3.63) is 0 Å². The quantitative estimate of drug-likeness (QED) is 0.678. The van der Waals surface area contributed by atoms with Crippen molar-refractivity contribution in [2.24, 2.45) is 5.92 Å². The van der Waals surface area contributed by atoms with Gasteiger partial charge in [-0.2, -0.15) is 0 Å². The molecule has 0 aromatic carbocycles. The van der Waals surface area contributed by atoms with Crippen LogP contribution in [-0.2, 0) is 4.79 Å². The van der Waals surface area contributed by atoms with Crippen molar-refractivity contribution in [1.82, 2.24) is 0 Å². The molecule has 70 valence electrons. The Morgan fingerprint density at radius 1 is 1.33 bits per heavy atom. The van der Waals surface area contributed by atoms with E-state index in [9.17, 15) is 4.79 Å². The first-order valence-electron chi connectivity index (χ1n) is 5.07. The van der Waals surface area contributed by atoms with E-state index < -0.39 is 0 Å². The van der Waals surface area contributed by atoms with E-state index in [0.717, 1.165) is 6.42 Å². The predicted octanol–water partition coefficient (Wildman–Crippen LogP) is 1.16. The Balaban J connectivity index is 2.21. The molecule has 1 aliphatic rings. The highest BCUT2D eigenvalue weighted by atomic mass is 16.1. The molecule has 2 nitrogen and oxygen atoms in total. The summed E-state index contributed by atoms with van der Waals surface area (Å²) in [6.07, 6.45) is 6.43. The average molecular weight is 170 g/mol. The fourth-order valence-electron chi connectivity index (χ4n) is 1.90. The van der Waals surface area contributed by atoms with Crippen LogP contribution >= 0.6 is 0 Å². The van der Waals surface area contributed by atoms with Gasteiger partial charge in [-0.05, 0) is 31.6 Å². The molecule has 0 bridgehead atoms. The van der Waals surface area contributed by atoms with Gasteiger partial charge in [0.05, 0.1) is 6.04 Å². The number of carbonyl (C=O) groups is 1. The first-order chi connectivity index (χ1) is 5.72. The maximum atomic E-state index is 11.1. The molecule has 0 unspecified atom stereocenters. The van der Waals surface area contributed by atoms with Gasteiger partial charge in [0.15, 0.2) is 0 Å². The summed E-state index contributed by atoms with van der Waals surface area (Å²) in [6, 6.07) is 0.651. The number of ketones is 1. The van der Waals surface area contributed by atoms with Gasteiger partial charge < -0.3 is 5.73 Å². The summed E-state index contributed by atoms with van der Waals surface area (Å²) in [5, 5.41) is 0. The Morgan fingerprint density at radius 2 is 1.92 bits per heavy atom. The number of rotatable bonds is 3. The summed E-state index contributed by atoms with van der Waals surface area (Å²) in [5.41, 5.74) is 4.05. The molecule has 0 atom stereocenters. The second-order valence-corrected chi connectivity index (χ2v) is 3.98. The molecule has 0 spiro atoms. The lowest BCUT2D eigenvalue weighted by Crippen LogP contribution is -2.61. The van der Waals surface area contributed by atoms with E-state index in [4.69, 9.17) is 0 Å². The topological polar surface area (TPSA) is 44.7 Å². The third-order valence-electron chi connectivity index (χ3n) is 2.88. The largest absolute Gasteiger partial charge is 0.355 e. The molecule has 0 heterocycles. The van der Waals surface area contributed by atoms with E-state index in [-0.39, 0.29) is 0 Å². The molecular weight excluding hydrogens is 150 g/mol. The molecule has 1 aliphatic carbocycles. The Bertz CT molecular complexity index is 148. The Morgan fingerprint density at radius 3 is 2.42 bits per heavy atom. The minimum Gasteiger partial charge on any atom is -0.355 e. The normalized spacial score (nSPS) is 30.2. The molecule has 2 heteroatoms. The standard InChI is InChI=1S/C10H19NO/c1-2-10(12)7-8-3-5-9(11)6-4-8/h8-9H,2-7,11H2,1H3/p+1. The van der Waals surface area contributed by atoms with Gasteiger partial charge >= 0.3 is 0 Å². The zero-order valence-corrected chi connectivity index (χ0v) is 8.01. The highest BCUT2D eigenvalue weighted by Gasteiger charge is 2.21. The molecule has 0 aromatic heterocycles. The monoisotopic (exact) mass is 170 g/mol. The summed E-state index contributed by atoms with van der Waals surface area (Å²) in [6.45, 7) is 1.95. The number of hydrogen-bond donors (Lipinski definition) is 1. The van der Waals surface area contributed by atoms with Crippen molar-refractivity contribution < 1.29 is 10.5 Å². The zero-order valence-electron chi connectivity index (χ0n) is 8.01. The molecular formula is C10H20NO+. The summed E-state index contributed by atoms with van der Waals surface area (Å²) in [4.78, 5) is 11.1. The second-order valence-electron chi connectivity index (χ2n) is 3.98. The fourth-order valence-corrected chi connectivity index (χ4v) is 1.90. The highest BCUT2D eigenvalue weighted by Crippen LogP contribution is 2.25. The maximum absolute atomic E-state index is 11.1. The smallest absolute Gasteiger partial charge is 0.132 e. The average Bonchev–Trinajstić information content (AvgIpc) is 2.09. The van der Waals surface area contributed by atoms with Crippen molar-refractivity contribution in [3.8, 4) is 0 Å². The SMILES string of the molecule is CCC(=O)CC1CCC([NH3+])CC1. The van der Waals surface area contributed by atoms with Gasteiger partial charge in [-0.15, -0.1) is 0 Å². The van der Waals surface area contributed by atoms with Gasteiger partial charge in [-0.1, -0.05) is 6.92 Å². The van der Waals surface area contributed by atoms with Crippen molar-refractivity contribution >= 4 is 5.78 Å². The summed E-state index contributed by atoms with van der Waals surface area (Å²) < 4.78 is 0. The second kappa shape index (κ2) is 4.61. The van der Waals surface area contributed by atoms with Crippen LogP contribution in [0.3, 0.4) is 0 Å². The Labute approximate surface area is 74.5 Å². The molecule has 1 saturated carbocycles. The first-order valence-corrected chi connectivity index (χ1v) is 5.07. The van der Waals surface area contributed by atoms with E-state index in [2.05, 4.69) is 5.73 Å². The summed E-state index contributed by atoms with van der Waals surface area (Å²) in [5.74, 6) is 1.11. The van der Waals surface area contributed by atoms with Gasteiger partial charge in [-0.3, -0.25) is 4.79 Å². The van der Waals surface area contributed by atoms with Crippen LogP contribution in [0.5, 0.6) is 0 Å². The zero-order chi connectivity index (χ0) is 8.97. The van der Waals surface area contributed by atoms with Crippen LogP contribution in [0.4, 0.5) is 0 Å². The Kier molecular flexibility index (Phi) is 3.73. The van der Waals surface area contributed by atoms with Gasteiger partial charge in [0, 0.05) is 12.8 Å². The molecule has 0 aliphatic heterocycles. The maximum Gasteiger partial charge on any atom is 0.132 e. The minimum absolute atomic E-state index is 0.433. The number of Topliss-reactive ketones (excluding diaryl/α,β-unsaturated/α-hetero) is 1. The minimum atomic E-state index is 0.433. The molecule has 1 rings (SSSR count). The molecule has 3 N–H and O–H groups in total. The van der Waals surface area contributed by atoms with Crippen molar-refractivity contribution in [2.45, 2.75) is 51.5 Å². The van der Waals surface area contributed by atoms with Crippen molar-refractivity contribution in [3.63, 3.8) is 0 Å². The van der Waals surface area contributed by atoms with Crippen LogP contribution in [0.15, 0.2) is 0 Å². The van der Waals surface area contributed by atoms with E-state index in [1.165, 1.54) is 25.7 Å². The van der Waals surface area contributed by atoms with Crippen LogP contribution in [-0.4, -0.2) is 11.8 Å². The van der Waals surface area contributed by atoms with Crippen LogP contribution in [0.2, 0.25) is 0 Å². The van der Waals surface area contributed by atoms with Crippen molar-refractivity contribution in [2.75, 3.05) is 0 Å². The van der Waals surface area contributed by atoms with Crippen molar-refractivity contribution in [1.29, 1.82) is 0 Å². The molecule has 0 radical (unpaired) electrons. The molecule has 0 saturated heterocycles. The van der Waals surface area contributed by atoms with E-state index in [1.54, 1.807) is 0 Å². The van der Waals surface area contributed by atoms with Gasteiger partial charge in [0.1, 0.15) is 5.78 Å². The molecule has 12 heavy (non-hydrogen) atoms. The van der Waals surface area contributed by atoms with E-state index in [0.29, 0.717) is 24.2 Å². The Hall–Kier alpha value is -0.370. The van der Waals surface area contributed by atoms with Crippen LogP contribution in [0.25, 0.3) is 0 Å². The number of quaternary nitrogens is 1. The van der Waals surface area contributed by atoms with Crippen LogP contribution in [0.1, 0.15) is 45.4 Å². The lowest BCUT2D eigenvalue weighted by Gasteiger charge is -2.23. The summed E-state index contributed by atoms with van der Waals surface area (Å²) >= 11 is 0. The predicted molar refractivity (Wildman–Crippen MR) is 48.5 cm³/mol. The highest BCUT2D eigenvalue weighted by molar-refractivity contribution is 5.78. The number of hydrogen-bond acceptors (Lipinski definition) is 1. The van der Waals surface area contributed by atoms with Gasteiger partial charge in [-0.25, -0.2) is 0 Å². The fraction of sp³-hybridized carbons (Fsp3) is 0.900. The first kappa shape index (κ1) is 9.72. The van der Waals surface area contributed by atoms with E-state index >= 15 is 0 Å². The van der Waals surface area contributed by atoms with Crippen LogP contribution in [0, 0.1) is 5.92 Å². The lowest BCUT2D eigenvalue weighted by molar-refractivity contribution is -0.426. The third kappa shape index (κ3) is 2.94. The molecule has 0 aromatic rings. The van der Waals surface area contributed by atoms with Crippen LogP contribution < -0.4 is 5.73 Å².